The molecule has 0 saturated heterocycles. The highest BCUT2D eigenvalue weighted by atomic mass is 32.1. The minimum Gasteiger partial charge on any atom is -0.199 e. The van der Waals surface area contributed by atoms with E-state index >= 15 is 0 Å². The van der Waals surface area contributed by atoms with Crippen molar-refractivity contribution in [3.8, 4) is 17.3 Å². The first kappa shape index (κ1) is 10.0. The lowest BCUT2D eigenvalue weighted by atomic mass is 9.96. The number of rotatable bonds is 2. The first-order valence-corrected chi connectivity index (χ1v) is 9.25. The zero-order valence-electron chi connectivity index (χ0n) is 24.2. The van der Waals surface area contributed by atoms with E-state index in [0.29, 0.717) is 11.1 Å². The van der Waals surface area contributed by atoms with Gasteiger partial charge in [0.05, 0.1) is 18.6 Å². The van der Waals surface area contributed by atoms with E-state index < -0.39 is 37.2 Å². The van der Waals surface area contributed by atoms with Crippen molar-refractivity contribution in [1.29, 1.82) is 5.26 Å². The van der Waals surface area contributed by atoms with Gasteiger partial charge < -0.3 is 0 Å². The summed E-state index contributed by atoms with van der Waals surface area (Å²) >= 11 is 1.37. The number of hydrogen-bond acceptors (Lipinski definition) is 2. The van der Waals surface area contributed by atoms with Gasteiger partial charge in [0.1, 0.15) is 13.1 Å². The maximum Gasteiger partial charge on any atom is 0.214 e. The van der Waals surface area contributed by atoms with Crippen molar-refractivity contribution in [2.45, 2.75) is 33.4 Å². The van der Waals surface area contributed by atoms with E-state index in [9.17, 15) is 5.26 Å². The second kappa shape index (κ2) is 6.48. The zero-order chi connectivity index (χ0) is 27.0. The standard InChI is InChI=1S/C24H23N2S/c1-14(2)18-11-16(4)26(5)21(12-18)22-15(3)9-10-20-19-8-6-7-17(13-25)23(19)27-24(20)22/h6-12,14H,1-5H3/q+1/i1D3,2D3,11D,12D,14D. The van der Waals surface area contributed by atoms with Crippen LogP contribution < -0.4 is 4.57 Å². The lowest BCUT2D eigenvalue weighted by molar-refractivity contribution is -0.666. The van der Waals surface area contributed by atoms with Crippen LogP contribution in [0.25, 0.3) is 31.4 Å². The van der Waals surface area contributed by atoms with Crippen molar-refractivity contribution in [2.24, 2.45) is 7.05 Å². The highest BCUT2D eigenvalue weighted by molar-refractivity contribution is 7.26. The maximum atomic E-state index is 9.61. The van der Waals surface area contributed by atoms with Gasteiger partial charge in [-0.15, -0.1) is 11.3 Å². The molecule has 3 heteroatoms. The molecule has 0 bridgehead atoms. The van der Waals surface area contributed by atoms with Crippen molar-refractivity contribution in [1.82, 2.24) is 0 Å². The fourth-order valence-electron chi connectivity index (χ4n) is 3.36. The number of nitriles is 1. The minimum absolute atomic E-state index is 0.219. The van der Waals surface area contributed by atoms with Gasteiger partial charge in [-0.3, -0.25) is 0 Å². The number of fused-ring (bicyclic) bond motifs is 3. The summed E-state index contributed by atoms with van der Waals surface area (Å²) in [7, 11) is 1.63. The molecule has 0 atom stereocenters. The van der Waals surface area contributed by atoms with Crippen LogP contribution in [-0.2, 0) is 7.05 Å². The fourth-order valence-corrected chi connectivity index (χ4v) is 4.73. The summed E-state index contributed by atoms with van der Waals surface area (Å²) in [6.07, 6.45) is 0. The first-order chi connectivity index (χ1) is 16.6. The van der Waals surface area contributed by atoms with Gasteiger partial charge in [-0.05, 0) is 30.0 Å². The fraction of sp³-hybridized carbons (Fsp3) is 0.250. The van der Waals surface area contributed by atoms with E-state index in [1.165, 1.54) is 11.3 Å². The maximum absolute atomic E-state index is 9.61. The van der Waals surface area contributed by atoms with Crippen LogP contribution in [0.2, 0.25) is 0 Å². The SMILES string of the molecule is [2H]c1c(C([2H])(C([2H])([2H])[2H])C([2H])([2H])[2H])c([2H])c(-c2c(C)ccc3c2sc2c(C#N)cccc23)[n+](C)c1C. The van der Waals surface area contributed by atoms with Gasteiger partial charge in [-0.1, -0.05) is 38.0 Å². The second-order valence-electron chi connectivity index (χ2n) is 6.52. The van der Waals surface area contributed by atoms with E-state index in [2.05, 4.69) is 6.07 Å². The number of pyridine rings is 1. The highest BCUT2D eigenvalue weighted by Gasteiger charge is 2.22. The Morgan fingerprint density at radius 3 is 2.67 bits per heavy atom. The lowest BCUT2D eigenvalue weighted by Crippen LogP contribution is -2.35. The Hall–Kier alpha value is -2.70. The molecule has 4 rings (SSSR count). The van der Waals surface area contributed by atoms with Gasteiger partial charge in [0.25, 0.3) is 0 Å². The summed E-state index contributed by atoms with van der Waals surface area (Å²) in [5.74, 6) is -3.18. The third-order valence-corrected chi connectivity index (χ3v) is 6.14. The van der Waals surface area contributed by atoms with Crippen LogP contribution in [-0.4, -0.2) is 0 Å². The molecule has 134 valence electrons. The van der Waals surface area contributed by atoms with Crippen molar-refractivity contribution in [3.63, 3.8) is 0 Å². The summed E-state index contributed by atoms with van der Waals surface area (Å²) in [6.45, 7) is -3.28. The quantitative estimate of drug-likeness (QED) is 0.383. The van der Waals surface area contributed by atoms with Gasteiger partial charge in [-0.25, -0.2) is 0 Å². The summed E-state index contributed by atoms with van der Waals surface area (Å²) < 4.78 is 77.2. The summed E-state index contributed by atoms with van der Waals surface area (Å²) in [6, 6.07) is 10.4. The van der Waals surface area contributed by atoms with Crippen molar-refractivity contribution < 1.29 is 16.9 Å². The molecule has 27 heavy (non-hydrogen) atoms. The molecule has 0 radical (unpaired) electrons. The van der Waals surface area contributed by atoms with E-state index in [0.717, 1.165) is 25.7 Å². The van der Waals surface area contributed by atoms with Crippen LogP contribution in [0.15, 0.2) is 42.4 Å². The van der Waals surface area contributed by atoms with Crippen LogP contribution in [0.1, 0.15) is 54.3 Å². The molecular formula is C24H23N2S+. The van der Waals surface area contributed by atoms with E-state index in [1.807, 2.05) is 25.1 Å². The van der Waals surface area contributed by atoms with Gasteiger partial charge in [0.15, 0.2) is 5.69 Å². The van der Waals surface area contributed by atoms with Gasteiger partial charge >= 0.3 is 0 Å². The Morgan fingerprint density at radius 2 is 1.93 bits per heavy atom. The van der Waals surface area contributed by atoms with E-state index in [4.69, 9.17) is 12.3 Å². The molecule has 2 aromatic heterocycles. The van der Waals surface area contributed by atoms with Crippen LogP contribution in [0, 0.1) is 25.2 Å². The first-order valence-electron chi connectivity index (χ1n) is 12.9. The summed E-state index contributed by atoms with van der Waals surface area (Å²) in [5, 5.41) is 11.3. The molecule has 0 N–H and O–H groups in total. The molecule has 0 unspecified atom stereocenters. The van der Waals surface area contributed by atoms with Crippen LogP contribution in [0.5, 0.6) is 0 Å². The summed E-state index contributed by atoms with van der Waals surface area (Å²) in [5.41, 5.74) is 1.63. The smallest absolute Gasteiger partial charge is 0.199 e. The summed E-state index contributed by atoms with van der Waals surface area (Å²) in [4.78, 5) is 0. The van der Waals surface area contributed by atoms with Gasteiger partial charge in [-0.2, -0.15) is 9.83 Å². The van der Waals surface area contributed by atoms with Gasteiger partial charge in [0, 0.05) is 44.1 Å². The number of thiophene rings is 1. The van der Waals surface area contributed by atoms with Crippen molar-refractivity contribution in [2.75, 3.05) is 0 Å². The number of nitrogens with zero attached hydrogens (tertiary/aromatic N) is 2. The highest BCUT2D eigenvalue weighted by Crippen LogP contribution is 2.42. The molecule has 0 fully saturated rings. The Labute approximate surface area is 177 Å². The van der Waals surface area contributed by atoms with Crippen molar-refractivity contribution in [3.05, 3.63) is 64.8 Å². The molecule has 4 aromatic rings. The van der Waals surface area contributed by atoms with Crippen LogP contribution in [0.4, 0.5) is 0 Å². The molecule has 0 aliphatic heterocycles. The average molecular weight is 381 g/mol. The molecular weight excluding hydrogens is 348 g/mol. The normalized spacial score (nSPS) is 17.6. The molecule has 0 amide bonds. The predicted octanol–water partition coefficient (Wildman–Crippen LogP) is 6.16. The topological polar surface area (TPSA) is 27.7 Å². The molecule has 0 aliphatic carbocycles. The minimum atomic E-state index is -3.33. The molecule has 0 saturated carbocycles. The molecule has 2 nitrogen and oxygen atoms in total. The Balaban J connectivity index is 2.23. The molecule has 2 aromatic carbocycles. The molecule has 0 spiro atoms. The monoisotopic (exact) mass is 380 g/mol. The zero-order valence-corrected chi connectivity index (χ0v) is 16.0. The largest absolute Gasteiger partial charge is 0.214 e. The van der Waals surface area contributed by atoms with E-state index in [1.54, 1.807) is 30.7 Å². The predicted molar refractivity (Wildman–Crippen MR) is 114 cm³/mol. The van der Waals surface area contributed by atoms with Crippen molar-refractivity contribution >= 4 is 31.5 Å². The second-order valence-corrected chi connectivity index (χ2v) is 7.54. The van der Waals surface area contributed by atoms with Gasteiger partial charge in [0.2, 0.25) is 5.69 Å². The van der Waals surface area contributed by atoms with Crippen LogP contribution in [0.3, 0.4) is 0 Å². The number of aryl methyl sites for hydroxylation is 1. The Bertz CT molecular complexity index is 1580. The molecule has 2 heterocycles. The number of hydrogen-bond donors (Lipinski definition) is 0. The molecule has 0 aliphatic rings. The van der Waals surface area contributed by atoms with E-state index in [-0.39, 0.29) is 11.4 Å². The number of benzene rings is 2. The third kappa shape index (κ3) is 2.72. The Morgan fingerprint density at radius 1 is 1.15 bits per heavy atom. The third-order valence-electron chi connectivity index (χ3n) is 4.87. The van der Waals surface area contributed by atoms with Crippen LogP contribution >= 0.6 is 11.3 Å². The number of aromatic nitrogens is 1. The Kier molecular flexibility index (Phi) is 2.40. The average Bonchev–Trinajstić information content (AvgIpc) is 3.16. The lowest BCUT2D eigenvalue weighted by Gasteiger charge is -2.12.